The Labute approximate surface area is 64.5 Å². The number of benzene rings is 1. The zero-order valence-corrected chi connectivity index (χ0v) is 5.96. The van der Waals surface area contributed by atoms with Gasteiger partial charge in [-0.15, -0.1) is 0 Å². The Hall–Kier alpha value is -1.28. The number of para-hydroxylation sites is 1. The maximum Gasteiger partial charge on any atom is 0.0702 e. The molecule has 2 N–H and O–H groups in total. The molecule has 1 aromatic carbocycles. The van der Waals surface area contributed by atoms with Crippen LogP contribution in [0.4, 0.5) is 0 Å². The van der Waals surface area contributed by atoms with Crippen LogP contribution < -0.4 is 0 Å². The van der Waals surface area contributed by atoms with Crippen molar-refractivity contribution in [3.05, 3.63) is 36.0 Å². The minimum absolute atomic E-state index is 0.0751. The van der Waals surface area contributed by atoms with Gasteiger partial charge in [-0.05, 0) is 0 Å². The molecule has 2 nitrogen and oxygen atoms in total. The van der Waals surface area contributed by atoms with Gasteiger partial charge < -0.3 is 10.1 Å². The molecule has 0 unspecified atom stereocenters. The number of aliphatic hydroxyl groups excluding tert-OH is 1. The Morgan fingerprint density at radius 1 is 1.45 bits per heavy atom. The molecule has 2 heteroatoms. The maximum absolute atomic E-state index is 8.92. The Balaban J connectivity index is 2.79. The van der Waals surface area contributed by atoms with Crippen molar-refractivity contribution in [2.45, 2.75) is 6.61 Å². The SMILES string of the molecule is OCc1cccc2[c]c[nH]c12. The number of rotatable bonds is 1. The van der Waals surface area contributed by atoms with Gasteiger partial charge in [0, 0.05) is 23.2 Å². The lowest BCUT2D eigenvalue weighted by Gasteiger charge is -1.96. The fourth-order valence-electron chi connectivity index (χ4n) is 1.21. The van der Waals surface area contributed by atoms with E-state index in [1.54, 1.807) is 6.20 Å². The number of nitrogens with one attached hydrogen (secondary N) is 1. The summed E-state index contributed by atoms with van der Waals surface area (Å²) in [7, 11) is 0. The second kappa shape index (κ2) is 2.40. The van der Waals surface area contributed by atoms with E-state index in [1.165, 1.54) is 0 Å². The third-order valence-corrected chi connectivity index (χ3v) is 1.77. The van der Waals surface area contributed by atoms with Crippen LogP contribution in [-0.2, 0) is 6.61 Å². The predicted molar refractivity (Wildman–Crippen MR) is 43.1 cm³/mol. The quantitative estimate of drug-likeness (QED) is 0.627. The number of H-pyrrole nitrogens is 1. The minimum Gasteiger partial charge on any atom is -0.392 e. The number of aliphatic hydroxyl groups is 1. The zero-order valence-electron chi connectivity index (χ0n) is 5.96. The van der Waals surface area contributed by atoms with Crippen LogP contribution in [0.25, 0.3) is 10.9 Å². The molecule has 2 rings (SSSR count). The molecule has 11 heavy (non-hydrogen) atoms. The van der Waals surface area contributed by atoms with E-state index in [-0.39, 0.29) is 6.61 Å². The van der Waals surface area contributed by atoms with E-state index in [9.17, 15) is 0 Å². The Morgan fingerprint density at radius 3 is 3.18 bits per heavy atom. The molecule has 1 heterocycles. The first-order chi connectivity index (χ1) is 5.42. The molecule has 0 aliphatic rings. The monoisotopic (exact) mass is 146 g/mol. The van der Waals surface area contributed by atoms with E-state index in [0.29, 0.717) is 0 Å². The van der Waals surface area contributed by atoms with Crippen molar-refractivity contribution in [1.82, 2.24) is 4.98 Å². The molecule has 0 atom stereocenters. The van der Waals surface area contributed by atoms with Crippen molar-refractivity contribution in [3.63, 3.8) is 0 Å². The van der Waals surface area contributed by atoms with Crippen molar-refractivity contribution in [2.75, 3.05) is 0 Å². The van der Waals surface area contributed by atoms with E-state index in [1.807, 2.05) is 18.2 Å². The summed E-state index contributed by atoms with van der Waals surface area (Å²) in [6.45, 7) is 0.0751. The smallest absolute Gasteiger partial charge is 0.0702 e. The van der Waals surface area contributed by atoms with E-state index in [4.69, 9.17) is 5.11 Å². The Bertz CT molecular complexity index is 364. The molecular weight excluding hydrogens is 138 g/mol. The molecule has 0 saturated carbocycles. The lowest BCUT2D eigenvalue weighted by atomic mass is 10.1. The molecule has 1 aromatic heterocycles. The van der Waals surface area contributed by atoms with Gasteiger partial charge in [-0.1, -0.05) is 18.2 Å². The highest BCUT2D eigenvalue weighted by atomic mass is 16.3. The number of fused-ring (bicyclic) bond motifs is 1. The summed E-state index contributed by atoms with van der Waals surface area (Å²) >= 11 is 0. The first-order valence-electron chi connectivity index (χ1n) is 3.49. The fraction of sp³-hybridized carbons (Fsp3) is 0.111. The molecule has 0 bridgehead atoms. The third-order valence-electron chi connectivity index (χ3n) is 1.77. The summed E-state index contributed by atoms with van der Waals surface area (Å²) in [5, 5.41) is 9.94. The highest BCUT2D eigenvalue weighted by Crippen LogP contribution is 2.15. The molecule has 0 spiro atoms. The summed E-state index contributed by atoms with van der Waals surface area (Å²) in [6, 6.07) is 8.80. The van der Waals surface area contributed by atoms with Crippen molar-refractivity contribution >= 4 is 10.9 Å². The van der Waals surface area contributed by atoms with Gasteiger partial charge >= 0.3 is 0 Å². The van der Waals surface area contributed by atoms with E-state index in [2.05, 4.69) is 11.1 Å². The van der Waals surface area contributed by atoms with Crippen LogP contribution in [0.2, 0.25) is 0 Å². The maximum atomic E-state index is 8.92. The van der Waals surface area contributed by atoms with Crippen molar-refractivity contribution in [3.8, 4) is 0 Å². The first kappa shape index (κ1) is 6.43. The average Bonchev–Trinajstić information content (AvgIpc) is 2.50. The molecule has 0 aliphatic heterocycles. The van der Waals surface area contributed by atoms with E-state index < -0.39 is 0 Å². The molecule has 2 aromatic rings. The molecule has 0 amide bonds. The average molecular weight is 146 g/mol. The zero-order chi connectivity index (χ0) is 7.68. The summed E-state index contributed by atoms with van der Waals surface area (Å²) in [5.41, 5.74) is 1.90. The fourth-order valence-corrected chi connectivity index (χ4v) is 1.21. The second-order valence-corrected chi connectivity index (χ2v) is 2.43. The highest BCUT2D eigenvalue weighted by Gasteiger charge is 1.98. The molecular formula is C9H8NO. The minimum atomic E-state index is 0.0751. The summed E-state index contributed by atoms with van der Waals surface area (Å²) < 4.78 is 0. The summed E-state index contributed by atoms with van der Waals surface area (Å²) in [5.74, 6) is 0. The predicted octanol–water partition coefficient (Wildman–Crippen LogP) is 1.46. The summed E-state index contributed by atoms with van der Waals surface area (Å²) in [6.07, 6.45) is 1.75. The van der Waals surface area contributed by atoms with Crippen LogP contribution >= 0.6 is 0 Å². The normalized spacial score (nSPS) is 10.6. The second-order valence-electron chi connectivity index (χ2n) is 2.43. The Morgan fingerprint density at radius 2 is 2.36 bits per heavy atom. The molecule has 1 radical (unpaired) electrons. The van der Waals surface area contributed by atoms with E-state index in [0.717, 1.165) is 16.5 Å². The molecule has 0 aliphatic carbocycles. The Kier molecular flexibility index (Phi) is 1.40. The van der Waals surface area contributed by atoms with Gasteiger partial charge in [-0.25, -0.2) is 0 Å². The molecule has 55 valence electrons. The van der Waals surface area contributed by atoms with Crippen molar-refractivity contribution < 1.29 is 5.11 Å². The topological polar surface area (TPSA) is 36.0 Å². The van der Waals surface area contributed by atoms with Gasteiger partial charge in [-0.3, -0.25) is 0 Å². The van der Waals surface area contributed by atoms with Gasteiger partial charge in [0.05, 0.1) is 12.1 Å². The van der Waals surface area contributed by atoms with Crippen LogP contribution in [-0.4, -0.2) is 10.1 Å². The van der Waals surface area contributed by atoms with Crippen LogP contribution in [0.1, 0.15) is 5.56 Å². The van der Waals surface area contributed by atoms with Gasteiger partial charge in [0.25, 0.3) is 0 Å². The number of aromatic amines is 1. The van der Waals surface area contributed by atoms with Crippen molar-refractivity contribution in [1.29, 1.82) is 0 Å². The lowest BCUT2D eigenvalue weighted by molar-refractivity contribution is 0.283. The third kappa shape index (κ3) is 0.917. The standard InChI is InChI=1S/C9H8NO/c11-6-8-3-1-2-7-4-5-10-9(7)8/h1-3,5,10-11H,6H2. The van der Waals surface area contributed by atoms with Crippen molar-refractivity contribution in [2.24, 2.45) is 0 Å². The highest BCUT2D eigenvalue weighted by molar-refractivity contribution is 5.81. The largest absolute Gasteiger partial charge is 0.392 e. The van der Waals surface area contributed by atoms with Crippen LogP contribution in [0, 0.1) is 6.07 Å². The number of hydrogen-bond donors (Lipinski definition) is 2. The van der Waals surface area contributed by atoms with E-state index >= 15 is 0 Å². The van der Waals surface area contributed by atoms with Gasteiger partial charge in [0.2, 0.25) is 0 Å². The van der Waals surface area contributed by atoms with Crippen LogP contribution in [0.3, 0.4) is 0 Å². The van der Waals surface area contributed by atoms with Gasteiger partial charge in [0.15, 0.2) is 0 Å². The van der Waals surface area contributed by atoms with Crippen LogP contribution in [0.15, 0.2) is 24.4 Å². The van der Waals surface area contributed by atoms with Crippen LogP contribution in [0.5, 0.6) is 0 Å². The number of hydrogen-bond acceptors (Lipinski definition) is 1. The lowest BCUT2D eigenvalue weighted by Crippen LogP contribution is -1.83. The summed E-state index contributed by atoms with van der Waals surface area (Å²) in [4.78, 5) is 3.02. The van der Waals surface area contributed by atoms with Gasteiger partial charge in [0.1, 0.15) is 0 Å². The molecule has 0 saturated heterocycles. The van der Waals surface area contributed by atoms with Gasteiger partial charge in [-0.2, -0.15) is 0 Å². The molecule has 0 fully saturated rings. The number of aromatic nitrogens is 1. The first-order valence-corrected chi connectivity index (χ1v) is 3.49.